The van der Waals surface area contributed by atoms with Gasteiger partial charge in [-0.15, -0.1) is 10.2 Å². The van der Waals surface area contributed by atoms with E-state index in [1.165, 1.54) is 18.5 Å². The van der Waals surface area contributed by atoms with Gasteiger partial charge in [-0.25, -0.2) is 17.5 Å². The van der Waals surface area contributed by atoms with Gasteiger partial charge in [0.2, 0.25) is 10.0 Å². The van der Waals surface area contributed by atoms with Gasteiger partial charge in [0, 0.05) is 26.6 Å². The lowest BCUT2D eigenvalue weighted by atomic mass is 10.2. The molecule has 0 aliphatic carbocycles. The van der Waals surface area contributed by atoms with Crippen LogP contribution in [-0.4, -0.2) is 29.7 Å². The largest absolute Gasteiger partial charge is 0.326 e. The van der Waals surface area contributed by atoms with Gasteiger partial charge >= 0.3 is 0 Å². The molecule has 1 heterocycles. The first kappa shape index (κ1) is 15.5. The molecule has 0 fully saturated rings. The third-order valence-corrected chi connectivity index (χ3v) is 4.44. The minimum Gasteiger partial charge on any atom is -0.326 e. The van der Waals surface area contributed by atoms with E-state index in [0.717, 1.165) is 6.07 Å². The summed E-state index contributed by atoms with van der Waals surface area (Å²) in [6.45, 7) is 0.239. The molecule has 7 nitrogen and oxygen atoms in total. The number of hydrogen-bond donors (Lipinski definition) is 2. The van der Waals surface area contributed by atoms with E-state index in [2.05, 4.69) is 14.9 Å². The van der Waals surface area contributed by atoms with E-state index in [0.29, 0.717) is 17.8 Å². The topological polar surface area (TPSA) is 103 Å². The molecule has 0 saturated carbocycles. The van der Waals surface area contributed by atoms with Gasteiger partial charge in [-0.05, 0) is 17.7 Å². The Morgan fingerprint density at radius 1 is 1.43 bits per heavy atom. The van der Waals surface area contributed by atoms with Gasteiger partial charge in [0.1, 0.15) is 22.9 Å². The van der Waals surface area contributed by atoms with Gasteiger partial charge in [0.05, 0.1) is 0 Å². The second-order valence-electron chi connectivity index (χ2n) is 4.47. The Labute approximate surface area is 122 Å². The first-order valence-electron chi connectivity index (χ1n) is 6.25. The molecule has 2 rings (SSSR count). The number of aromatic nitrogens is 3. The van der Waals surface area contributed by atoms with Gasteiger partial charge in [-0.3, -0.25) is 0 Å². The molecule has 114 valence electrons. The van der Waals surface area contributed by atoms with Crippen LogP contribution in [0.3, 0.4) is 0 Å². The number of nitrogens with zero attached hydrogens (tertiary/aromatic N) is 3. The molecule has 21 heavy (non-hydrogen) atoms. The maximum Gasteiger partial charge on any atom is 0.243 e. The zero-order valence-electron chi connectivity index (χ0n) is 11.5. The number of hydrogen-bond acceptors (Lipinski definition) is 5. The number of halogens is 1. The van der Waals surface area contributed by atoms with Crippen LogP contribution >= 0.6 is 0 Å². The molecule has 0 radical (unpaired) electrons. The number of aryl methyl sites for hydroxylation is 1. The molecular weight excluding hydrogens is 297 g/mol. The van der Waals surface area contributed by atoms with E-state index >= 15 is 0 Å². The second kappa shape index (κ2) is 6.29. The minimum absolute atomic E-state index is 0.0984. The minimum atomic E-state index is -3.93. The number of nitrogens with one attached hydrogen (secondary N) is 1. The summed E-state index contributed by atoms with van der Waals surface area (Å²) in [4.78, 5) is -0.400. The Bertz CT molecular complexity index is 729. The summed E-state index contributed by atoms with van der Waals surface area (Å²) in [6.07, 6.45) is 1.88. The smallest absolute Gasteiger partial charge is 0.243 e. The van der Waals surface area contributed by atoms with Crippen LogP contribution in [0.2, 0.25) is 0 Å². The van der Waals surface area contributed by atoms with Crippen LogP contribution in [0.5, 0.6) is 0 Å². The predicted octanol–water partition coefficient (Wildman–Crippen LogP) is -0.0661. The van der Waals surface area contributed by atoms with Crippen LogP contribution in [0.15, 0.2) is 29.4 Å². The van der Waals surface area contributed by atoms with Gasteiger partial charge in [-0.1, -0.05) is 6.07 Å². The highest BCUT2D eigenvalue weighted by molar-refractivity contribution is 7.89. The normalized spacial score (nSPS) is 11.8. The van der Waals surface area contributed by atoms with Crippen LogP contribution in [0.1, 0.15) is 11.4 Å². The third-order valence-electron chi connectivity index (χ3n) is 2.97. The van der Waals surface area contributed by atoms with Crippen molar-refractivity contribution in [1.29, 1.82) is 0 Å². The molecule has 0 bridgehead atoms. The van der Waals surface area contributed by atoms with Crippen LogP contribution < -0.4 is 10.5 Å². The number of nitrogens with two attached hydrogens (primary N) is 1. The fourth-order valence-electron chi connectivity index (χ4n) is 1.79. The highest BCUT2D eigenvalue weighted by atomic mass is 32.2. The number of sulfonamides is 1. The predicted molar refractivity (Wildman–Crippen MR) is 74.2 cm³/mol. The van der Waals surface area contributed by atoms with Crippen molar-refractivity contribution in [1.82, 2.24) is 19.5 Å². The highest BCUT2D eigenvalue weighted by Gasteiger charge is 2.19. The molecule has 2 aromatic rings. The molecule has 0 aliphatic heterocycles. The highest BCUT2D eigenvalue weighted by Crippen LogP contribution is 2.16. The van der Waals surface area contributed by atoms with Gasteiger partial charge < -0.3 is 10.3 Å². The summed E-state index contributed by atoms with van der Waals surface area (Å²) in [5, 5.41) is 7.53. The van der Waals surface area contributed by atoms with Gasteiger partial charge in [-0.2, -0.15) is 0 Å². The molecular formula is C12H16FN5O2S. The lowest BCUT2D eigenvalue weighted by molar-refractivity contribution is 0.555. The SMILES string of the molecule is Cn1cnnc1CCNS(=O)(=O)c1cc(CN)ccc1F. The summed E-state index contributed by atoms with van der Waals surface area (Å²) in [5.41, 5.74) is 5.98. The van der Waals surface area contributed by atoms with Gasteiger partial charge in [0.25, 0.3) is 0 Å². The summed E-state index contributed by atoms with van der Waals surface area (Å²) in [7, 11) is -2.17. The zero-order chi connectivity index (χ0) is 15.5. The van der Waals surface area contributed by atoms with Crippen LogP contribution in [0.25, 0.3) is 0 Å². The Morgan fingerprint density at radius 2 is 2.19 bits per heavy atom. The van der Waals surface area contributed by atoms with E-state index < -0.39 is 20.7 Å². The molecule has 3 N–H and O–H groups in total. The van der Waals surface area contributed by atoms with E-state index in [-0.39, 0.29) is 13.1 Å². The molecule has 0 atom stereocenters. The lowest BCUT2D eigenvalue weighted by Crippen LogP contribution is -2.27. The maximum atomic E-state index is 13.7. The first-order chi connectivity index (χ1) is 9.94. The lowest BCUT2D eigenvalue weighted by Gasteiger charge is -2.09. The fourth-order valence-corrected chi connectivity index (χ4v) is 2.95. The monoisotopic (exact) mass is 313 g/mol. The van der Waals surface area contributed by atoms with Crippen molar-refractivity contribution in [2.75, 3.05) is 6.54 Å². The van der Waals surface area contributed by atoms with Crippen molar-refractivity contribution in [2.24, 2.45) is 12.8 Å². The summed E-state index contributed by atoms with van der Waals surface area (Å²) >= 11 is 0. The van der Waals surface area contributed by atoms with E-state index in [4.69, 9.17) is 5.73 Å². The first-order valence-corrected chi connectivity index (χ1v) is 7.73. The maximum absolute atomic E-state index is 13.7. The van der Waals surface area contributed by atoms with Crippen LogP contribution in [0.4, 0.5) is 4.39 Å². The van der Waals surface area contributed by atoms with Crippen molar-refractivity contribution in [3.8, 4) is 0 Å². The van der Waals surface area contributed by atoms with Crippen molar-refractivity contribution in [3.05, 3.63) is 41.7 Å². The Kier molecular flexibility index (Phi) is 4.66. The van der Waals surface area contributed by atoms with Crippen LogP contribution in [0, 0.1) is 5.82 Å². The van der Waals surface area contributed by atoms with E-state index in [1.54, 1.807) is 11.6 Å². The molecule has 1 aromatic carbocycles. The fraction of sp³-hybridized carbons (Fsp3) is 0.333. The average Bonchev–Trinajstić information content (AvgIpc) is 2.84. The molecule has 0 unspecified atom stereocenters. The van der Waals surface area contributed by atoms with Crippen molar-refractivity contribution < 1.29 is 12.8 Å². The Morgan fingerprint density at radius 3 is 2.81 bits per heavy atom. The molecule has 0 amide bonds. The van der Waals surface area contributed by atoms with Gasteiger partial charge in [0.15, 0.2) is 0 Å². The Hall–Kier alpha value is -1.84. The summed E-state index contributed by atoms with van der Waals surface area (Å²) < 4.78 is 41.9. The number of benzene rings is 1. The molecule has 0 spiro atoms. The summed E-state index contributed by atoms with van der Waals surface area (Å²) in [5.74, 6) is -0.174. The molecule has 0 aliphatic rings. The van der Waals surface area contributed by atoms with Crippen molar-refractivity contribution in [3.63, 3.8) is 0 Å². The molecule has 1 aromatic heterocycles. The van der Waals surface area contributed by atoms with Crippen molar-refractivity contribution in [2.45, 2.75) is 17.9 Å². The third kappa shape index (κ3) is 3.63. The quantitative estimate of drug-likeness (QED) is 0.777. The number of rotatable bonds is 6. The average molecular weight is 313 g/mol. The summed E-state index contributed by atoms with van der Waals surface area (Å²) in [6, 6.07) is 3.79. The zero-order valence-corrected chi connectivity index (χ0v) is 12.3. The van der Waals surface area contributed by atoms with Crippen LogP contribution in [-0.2, 0) is 30.0 Å². The standard InChI is InChI=1S/C12H16FN5O2S/c1-18-8-15-17-12(18)4-5-16-21(19,20)11-6-9(7-14)2-3-10(11)13/h2-3,6,8,16H,4-5,7,14H2,1H3. The van der Waals surface area contributed by atoms with E-state index in [9.17, 15) is 12.8 Å². The second-order valence-corrected chi connectivity index (χ2v) is 6.21. The molecule has 0 saturated heterocycles. The Balaban J connectivity index is 2.10. The van der Waals surface area contributed by atoms with Crippen molar-refractivity contribution >= 4 is 10.0 Å². The molecule has 9 heteroatoms. The van der Waals surface area contributed by atoms with E-state index in [1.807, 2.05) is 0 Å².